The van der Waals surface area contributed by atoms with Crippen molar-refractivity contribution >= 4 is 5.91 Å². The summed E-state index contributed by atoms with van der Waals surface area (Å²) in [4.78, 5) is 21.8. The highest BCUT2D eigenvalue weighted by atomic mass is 16.2. The molecule has 1 aromatic rings. The fourth-order valence-electron chi connectivity index (χ4n) is 0.677. The van der Waals surface area contributed by atoms with Crippen LogP contribution in [0.1, 0.15) is 10.4 Å². The van der Waals surface area contributed by atoms with Crippen LogP contribution in [0.25, 0.3) is 0 Å². The predicted molar refractivity (Wildman–Crippen MR) is 41.1 cm³/mol. The fourth-order valence-corrected chi connectivity index (χ4v) is 0.677. The number of hydrogen-bond acceptors (Lipinski definition) is 4. The number of aryl methyl sites for hydroxylation is 1. The number of carbonyl (C=O) groups is 1. The predicted octanol–water partition coefficient (Wildman–Crippen LogP) is -1.62. The second-order valence-electron chi connectivity index (χ2n) is 2.18. The number of hydrogen-bond donors (Lipinski definition) is 2. The zero-order chi connectivity index (χ0) is 9.14. The quantitative estimate of drug-likeness (QED) is 0.299. The number of nitrogens with two attached hydrogens (primary N) is 1. The normalized spacial score (nSPS) is 9.50. The molecular weight excluding hydrogens is 160 g/mol. The summed E-state index contributed by atoms with van der Waals surface area (Å²) in [6, 6.07) is 1.16. The van der Waals surface area contributed by atoms with E-state index >= 15 is 0 Å². The molecule has 12 heavy (non-hydrogen) atoms. The van der Waals surface area contributed by atoms with Crippen molar-refractivity contribution < 1.29 is 4.79 Å². The van der Waals surface area contributed by atoms with Crippen LogP contribution < -0.4 is 16.8 Å². The number of carbonyl (C=O) groups excluding carboxylic acids is 1. The van der Waals surface area contributed by atoms with Crippen molar-refractivity contribution in [2.24, 2.45) is 12.9 Å². The molecule has 64 valence electrons. The van der Waals surface area contributed by atoms with E-state index in [4.69, 9.17) is 5.84 Å². The zero-order valence-electron chi connectivity index (χ0n) is 6.44. The summed E-state index contributed by atoms with van der Waals surface area (Å²) in [5.74, 6) is 4.33. The van der Waals surface area contributed by atoms with Gasteiger partial charge in [-0.1, -0.05) is 0 Å². The minimum absolute atomic E-state index is 0.153. The number of hydrazine groups is 1. The number of aromatic nitrogens is 2. The molecule has 0 aromatic carbocycles. The van der Waals surface area contributed by atoms with Crippen molar-refractivity contribution in [3.63, 3.8) is 0 Å². The van der Waals surface area contributed by atoms with Gasteiger partial charge in [-0.15, -0.1) is 0 Å². The molecule has 1 aromatic heterocycles. The second-order valence-corrected chi connectivity index (χ2v) is 2.18. The molecule has 0 bridgehead atoms. The molecule has 3 N–H and O–H groups in total. The van der Waals surface area contributed by atoms with Crippen molar-refractivity contribution in [2.75, 3.05) is 0 Å². The van der Waals surface area contributed by atoms with E-state index in [1.54, 1.807) is 0 Å². The van der Waals surface area contributed by atoms with E-state index in [1.807, 2.05) is 5.43 Å². The minimum Gasteiger partial charge on any atom is -0.290 e. The average Bonchev–Trinajstić information content (AvgIpc) is 2.08. The molecule has 0 aliphatic heterocycles. The van der Waals surface area contributed by atoms with E-state index in [-0.39, 0.29) is 11.1 Å². The van der Waals surface area contributed by atoms with Crippen molar-refractivity contribution in [1.82, 2.24) is 15.2 Å². The van der Waals surface area contributed by atoms with E-state index < -0.39 is 5.91 Å². The first-order valence-electron chi connectivity index (χ1n) is 3.19. The topological polar surface area (TPSA) is 90.0 Å². The Kier molecular flexibility index (Phi) is 2.20. The summed E-state index contributed by atoms with van der Waals surface area (Å²) >= 11 is 0. The van der Waals surface area contributed by atoms with Gasteiger partial charge in [0.25, 0.3) is 11.5 Å². The summed E-state index contributed by atoms with van der Waals surface area (Å²) < 4.78 is 1.12. The Labute approximate surface area is 68.0 Å². The maximum absolute atomic E-state index is 10.9. The third-order valence-electron chi connectivity index (χ3n) is 1.36. The van der Waals surface area contributed by atoms with Gasteiger partial charge in [0.05, 0.1) is 11.8 Å². The Morgan fingerprint density at radius 3 is 2.92 bits per heavy atom. The largest absolute Gasteiger partial charge is 0.290 e. The highest BCUT2D eigenvalue weighted by Gasteiger charge is 2.04. The summed E-state index contributed by atoms with van der Waals surface area (Å²) in [5.41, 5.74) is 1.70. The molecule has 0 saturated carbocycles. The highest BCUT2D eigenvalue weighted by molar-refractivity contribution is 5.93. The van der Waals surface area contributed by atoms with Gasteiger partial charge in [0.2, 0.25) is 0 Å². The van der Waals surface area contributed by atoms with Crippen LogP contribution in [0.2, 0.25) is 0 Å². The maximum atomic E-state index is 10.9. The van der Waals surface area contributed by atoms with Gasteiger partial charge in [0, 0.05) is 13.1 Å². The van der Waals surface area contributed by atoms with Crippen LogP contribution in [-0.4, -0.2) is 15.7 Å². The van der Waals surface area contributed by atoms with Gasteiger partial charge in [-0.2, -0.15) is 5.10 Å². The molecule has 0 radical (unpaired) electrons. The molecule has 0 spiro atoms. The van der Waals surface area contributed by atoms with E-state index in [1.165, 1.54) is 13.2 Å². The molecule has 6 nitrogen and oxygen atoms in total. The van der Waals surface area contributed by atoms with Crippen LogP contribution in [0.3, 0.4) is 0 Å². The monoisotopic (exact) mass is 168 g/mol. The van der Waals surface area contributed by atoms with E-state index in [9.17, 15) is 9.59 Å². The van der Waals surface area contributed by atoms with Gasteiger partial charge in [-0.05, 0) is 0 Å². The lowest BCUT2D eigenvalue weighted by Gasteiger charge is -1.98. The third kappa shape index (κ3) is 1.48. The van der Waals surface area contributed by atoms with Gasteiger partial charge in [-0.25, -0.2) is 10.5 Å². The van der Waals surface area contributed by atoms with Crippen LogP contribution in [0.15, 0.2) is 17.1 Å². The number of nitrogens with one attached hydrogen (secondary N) is 1. The average molecular weight is 168 g/mol. The van der Waals surface area contributed by atoms with Gasteiger partial charge in [0.15, 0.2) is 0 Å². The lowest BCUT2D eigenvalue weighted by atomic mass is 10.3. The summed E-state index contributed by atoms with van der Waals surface area (Å²) in [5, 5.41) is 3.64. The molecule has 0 saturated heterocycles. The highest BCUT2D eigenvalue weighted by Crippen LogP contribution is 1.88. The Hall–Kier alpha value is -1.69. The molecule has 1 heterocycles. The van der Waals surface area contributed by atoms with Crippen LogP contribution in [0.5, 0.6) is 0 Å². The Bertz CT molecular complexity index is 357. The number of nitrogen functional groups attached to an aromatic ring is 1. The molecule has 0 fully saturated rings. The molecule has 0 atom stereocenters. The molecule has 1 amide bonds. The van der Waals surface area contributed by atoms with E-state index in [0.717, 1.165) is 10.7 Å². The van der Waals surface area contributed by atoms with Gasteiger partial charge < -0.3 is 0 Å². The Morgan fingerprint density at radius 2 is 2.42 bits per heavy atom. The third-order valence-corrected chi connectivity index (χ3v) is 1.36. The lowest BCUT2D eigenvalue weighted by molar-refractivity contribution is 0.0953. The summed E-state index contributed by atoms with van der Waals surface area (Å²) in [7, 11) is 1.49. The van der Waals surface area contributed by atoms with Crippen LogP contribution in [-0.2, 0) is 7.05 Å². The van der Waals surface area contributed by atoms with Crippen molar-refractivity contribution in [2.45, 2.75) is 0 Å². The molecule has 0 aliphatic carbocycles. The van der Waals surface area contributed by atoms with Gasteiger partial charge in [0.1, 0.15) is 0 Å². The Morgan fingerprint density at radius 1 is 1.75 bits per heavy atom. The first-order chi connectivity index (χ1) is 5.65. The second kappa shape index (κ2) is 3.14. The summed E-state index contributed by atoms with van der Waals surface area (Å²) in [6.07, 6.45) is 1.27. The Balaban J connectivity index is 3.13. The smallest absolute Gasteiger partial charge is 0.267 e. The molecule has 0 aliphatic rings. The van der Waals surface area contributed by atoms with Gasteiger partial charge >= 0.3 is 0 Å². The summed E-state index contributed by atoms with van der Waals surface area (Å²) in [6.45, 7) is 0. The van der Waals surface area contributed by atoms with Crippen LogP contribution in [0.4, 0.5) is 0 Å². The van der Waals surface area contributed by atoms with E-state index in [2.05, 4.69) is 5.10 Å². The molecule has 0 unspecified atom stereocenters. The van der Waals surface area contributed by atoms with Gasteiger partial charge in [-0.3, -0.25) is 15.0 Å². The van der Waals surface area contributed by atoms with Crippen molar-refractivity contribution in [3.8, 4) is 0 Å². The molecule has 6 heteroatoms. The standard InChI is InChI=1S/C6H8N4O2/c1-10-5(11)2-4(3-8-10)6(12)9-7/h2-3H,7H2,1H3,(H,9,12). The SMILES string of the molecule is Cn1ncc(C(=O)NN)cc1=O. The zero-order valence-corrected chi connectivity index (χ0v) is 6.44. The first-order valence-corrected chi connectivity index (χ1v) is 3.19. The lowest BCUT2D eigenvalue weighted by Crippen LogP contribution is -2.32. The van der Waals surface area contributed by atoms with Crippen LogP contribution >= 0.6 is 0 Å². The van der Waals surface area contributed by atoms with Crippen molar-refractivity contribution in [3.05, 3.63) is 28.2 Å². The van der Waals surface area contributed by atoms with Crippen molar-refractivity contribution in [1.29, 1.82) is 0 Å². The minimum atomic E-state index is -0.528. The number of rotatable bonds is 1. The molecular formula is C6H8N4O2. The van der Waals surface area contributed by atoms with Crippen LogP contribution in [0, 0.1) is 0 Å². The molecule has 1 rings (SSSR count). The first kappa shape index (κ1) is 8.41. The van der Waals surface area contributed by atoms with E-state index in [0.29, 0.717) is 0 Å². The number of amides is 1. The maximum Gasteiger partial charge on any atom is 0.267 e. The fraction of sp³-hybridized carbons (Fsp3) is 0.167. The number of nitrogens with zero attached hydrogens (tertiary/aromatic N) is 2.